The summed E-state index contributed by atoms with van der Waals surface area (Å²) in [5, 5.41) is 0. The van der Waals surface area contributed by atoms with Crippen LogP contribution in [0.25, 0.3) is 0 Å². The van der Waals surface area contributed by atoms with Crippen molar-refractivity contribution in [2.45, 2.75) is 52.4 Å². The lowest BCUT2D eigenvalue weighted by molar-refractivity contribution is 0.500. The van der Waals surface area contributed by atoms with E-state index in [1.54, 1.807) is 33.4 Å². The third-order valence-electron chi connectivity index (χ3n) is 4.17. The maximum atomic E-state index is 12.2. The SMILES string of the molecule is Cc1cccc(=O)n1C[Si](C)(C)O[Si](C)(C)Cn1c(C)cccc1=O. The summed E-state index contributed by atoms with van der Waals surface area (Å²) in [4.78, 5) is 24.3. The van der Waals surface area contributed by atoms with E-state index in [4.69, 9.17) is 4.12 Å². The Kier molecular flexibility index (Phi) is 5.70. The van der Waals surface area contributed by atoms with Gasteiger partial charge in [-0.25, -0.2) is 0 Å². The molecule has 2 heterocycles. The maximum Gasteiger partial charge on any atom is 0.250 e. The first-order valence-electron chi connectivity index (χ1n) is 8.54. The second kappa shape index (κ2) is 7.27. The Morgan fingerprint density at radius 1 is 0.760 bits per heavy atom. The van der Waals surface area contributed by atoms with E-state index in [9.17, 15) is 9.59 Å². The molecule has 2 aromatic heterocycles. The molecule has 0 saturated heterocycles. The molecule has 25 heavy (non-hydrogen) atoms. The summed E-state index contributed by atoms with van der Waals surface area (Å²) in [6.07, 6.45) is 1.25. The molecule has 2 rings (SSSR count). The van der Waals surface area contributed by atoms with Crippen LogP contribution in [0.15, 0.2) is 46.0 Å². The van der Waals surface area contributed by atoms with Crippen molar-refractivity contribution in [3.8, 4) is 0 Å². The van der Waals surface area contributed by atoms with Crippen LogP contribution in [0.1, 0.15) is 11.4 Å². The molecule has 0 spiro atoms. The number of aryl methyl sites for hydroxylation is 2. The van der Waals surface area contributed by atoms with Gasteiger partial charge >= 0.3 is 0 Å². The highest BCUT2D eigenvalue weighted by Gasteiger charge is 2.34. The molecular formula is C18H28N2O3Si2. The van der Waals surface area contributed by atoms with Crippen LogP contribution in [0, 0.1) is 13.8 Å². The van der Waals surface area contributed by atoms with Gasteiger partial charge in [-0.3, -0.25) is 9.59 Å². The fourth-order valence-electron chi connectivity index (χ4n) is 3.23. The lowest BCUT2D eigenvalue weighted by Crippen LogP contribution is -2.52. The molecule has 5 nitrogen and oxygen atoms in total. The van der Waals surface area contributed by atoms with Crippen LogP contribution in [-0.2, 0) is 16.5 Å². The van der Waals surface area contributed by atoms with Crippen LogP contribution in [0.3, 0.4) is 0 Å². The molecule has 0 radical (unpaired) electrons. The van der Waals surface area contributed by atoms with Crippen LogP contribution in [0.4, 0.5) is 0 Å². The van der Waals surface area contributed by atoms with Crippen LogP contribution in [0.2, 0.25) is 26.2 Å². The van der Waals surface area contributed by atoms with Gasteiger partial charge in [-0.1, -0.05) is 12.1 Å². The molecule has 0 aliphatic heterocycles. The van der Waals surface area contributed by atoms with Gasteiger partial charge in [-0.2, -0.15) is 0 Å². The Morgan fingerprint density at radius 2 is 1.12 bits per heavy atom. The molecule has 0 unspecified atom stereocenters. The van der Waals surface area contributed by atoms with E-state index in [1.165, 1.54) is 0 Å². The molecule has 0 N–H and O–H groups in total. The van der Waals surface area contributed by atoms with Crippen molar-refractivity contribution < 1.29 is 4.12 Å². The molecule has 0 saturated carbocycles. The first-order valence-corrected chi connectivity index (χ1v) is 14.8. The Labute approximate surface area is 151 Å². The summed E-state index contributed by atoms with van der Waals surface area (Å²) in [6, 6.07) is 10.6. The van der Waals surface area contributed by atoms with Crippen molar-refractivity contribution in [3.63, 3.8) is 0 Å². The van der Waals surface area contributed by atoms with Crippen LogP contribution in [-0.4, -0.2) is 25.8 Å². The summed E-state index contributed by atoms with van der Waals surface area (Å²) >= 11 is 0. The van der Waals surface area contributed by atoms with E-state index in [-0.39, 0.29) is 11.1 Å². The average molecular weight is 377 g/mol. The van der Waals surface area contributed by atoms with Crippen molar-refractivity contribution in [2.24, 2.45) is 0 Å². The highest BCUT2D eigenvalue weighted by atomic mass is 28.4. The highest BCUT2D eigenvalue weighted by Crippen LogP contribution is 2.18. The minimum absolute atomic E-state index is 0.0128. The smallest absolute Gasteiger partial charge is 0.250 e. The minimum atomic E-state index is -2.12. The summed E-state index contributed by atoms with van der Waals surface area (Å²) in [5.74, 6) is 0. The maximum absolute atomic E-state index is 12.2. The first kappa shape index (κ1) is 19.6. The molecule has 0 aliphatic rings. The van der Waals surface area contributed by atoms with Crippen LogP contribution in [0.5, 0.6) is 0 Å². The molecule has 0 fully saturated rings. The van der Waals surface area contributed by atoms with Crippen molar-refractivity contribution in [1.29, 1.82) is 0 Å². The quantitative estimate of drug-likeness (QED) is 0.729. The molecule has 0 amide bonds. The minimum Gasteiger partial charge on any atom is -0.453 e. The van der Waals surface area contributed by atoms with Gasteiger partial charge < -0.3 is 13.2 Å². The van der Waals surface area contributed by atoms with Crippen molar-refractivity contribution in [3.05, 3.63) is 68.5 Å². The van der Waals surface area contributed by atoms with Gasteiger partial charge in [0.2, 0.25) is 0 Å². The summed E-state index contributed by atoms with van der Waals surface area (Å²) in [6.45, 7) is 12.5. The topological polar surface area (TPSA) is 53.2 Å². The van der Waals surface area contributed by atoms with Crippen molar-refractivity contribution in [1.82, 2.24) is 9.13 Å². The van der Waals surface area contributed by atoms with E-state index >= 15 is 0 Å². The zero-order valence-corrected chi connectivity index (χ0v) is 18.0. The lowest BCUT2D eigenvalue weighted by Gasteiger charge is -2.35. The summed E-state index contributed by atoms with van der Waals surface area (Å²) < 4.78 is 10.2. The van der Waals surface area contributed by atoms with Gasteiger partial charge in [0.05, 0.1) is 0 Å². The van der Waals surface area contributed by atoms with Crippen molar-refractivity contribution in [2.75, 3.05) is 0 Å². The van der Waals surface area contributed by atoms with Gasteiger partial charge in [0, 0.05) is 35.9 Å². The van der Waals surface area contributed by atoms with Crippen LogP contribution >= 0.6 is 0 Å². The Morgan fingerprint density at radius 3 is 1.44 bits per heavy atom. The monoisotopic (exact) mass is 376 g/mol. The van der Waals surface area contributed by atoms with Gasteiger partial charge in [-0.05, 0) is 52.2 Å². The predicted molar refractivity (Wildman–Crippen MR) is 107 cm³/mol. The van der Waals surface area contributed by atoms with Crippen molar-refractivity contribution >= 4 is 16.6 Å². The molecule has 0 bridgehead atoms. The molecular weight excluding hydrogens is 348 g/mol. The highest BCUT2D eigenvalue weighted by molar-refractivity contribution is 6.83. The summed E-state index contributed by atoms with van der Waals surface area (Å²) in [5.41, 5.74) is 1.93. The first-order chi connectivity index (χ1) is 11.5. The van der Waals surface area contributed by atoms with E-state index in [0.29, 0.717) is 12.3 Å². The molecule has 0 aliphatic carbocycles. The second-order valence-electron chi connectivity index (χ2n) is 7.80. The Bertz CT molecular complexity index is 798. The van der Waals surface area contributed by atoms with Gasteiger partial charge in [-0.15, -0.1) is 0 Å². The number of nitrogens with zero attached hydrogens (tertiary/aromatic N) is 2. The van der Waals surface area contributed by atoms with E-state index < -0.39 is 16.6 Å². The van der Waals surface area contributed by atoms with Crippen LogP contribution < -0.4 is 11.1 Å². The number of aromatic nitrogens is 2. The standard InChI is InChI=1S/C18H28N2O3Si2/c1-15-9-7-11-17(21)19(15)13-24(3,4)23-25(5,6)14-20-16(2)10-8-12-18(20)22/h7-12H,13-14H2,1-6H3. The van der Waals surface area contributed by atoms with Gasteiger partial charge in [0.15, 0.2) is 16.6 Å². The molecule has 0 atom stereocenters. The molecule has 136 valence electrons. The van der Waals surface area contributed by atoms with E-state index in [1.807, 2.05) is 26.0 Å². The normalized spacial score (nSPS) is 12.4. The van der Waals surface area contributed by atoms with E-state index in [0.717, 1.165) is 11.4 Å². The fourth-order valence-corrected chi connectivity index (χ4v) is 12.1. The number of hydrogen-bond acceptors (Lipinski definition) is 3. The number of rotatable bonds is 6. The molecule has 2 aromatic rings. The fraction of sp³-hybridized carbons (Fsp3) is 0.444. The largest absolute Gasteiger partial charge is 0.453 e. The number of hydrogen-bond donors (Lipinski definition) is 0. The Balaban J connectivity index is 2.21. The van der Waals surface area contributed by atoms with Gasteiger partial charge in [0.25, 0.3) is 11.1 Å². The number of pyridine rings is 2. The average Bonchev–Trinajstić information content (AvgIpc) is 2.46. The third-order valence-corrected chi connectivity index (χ3v) is 10.7. The lowest BCUT2D eigenvalue weighted by atomic mass is 10.4. The predicted octanol–water partition coefficient (Wildman–Crippen LogP) is 2.83. The molecule has 7 heteroatoms. The zero-order valence-electron chi connectivity index (χ0n) is 16.0. The summed E-state index contributed by atoms with van der Waals surface area (Å²) in [7, 11) is -4.24. The zero-order chi connectivity index (χ0) is 18.8. The Hall–Kier alpha value is -1.71. The molecule has 0 aromatic carbocycles. The van der Waals surface area contributed by atoms with Gasteiger partial charge in [0.1, 0.15) is 0 Å². The third kappa shape index (κ3) is 5.13. The van der Waals surface area contributed by atoms with E-state index in [2.05, 4.69) is 26.2 Å². The second-order valence-corrected chi connectivity index (χ2v) is 16.3.